The molecule has 0 aliphatic rings. The molecule has 0 bridgehead atoms. The van der Waals surface area contributed by atoms with Gasteiger partial charge in [0.1, 0.15) is 0 Å². The Morgan fingerprint density at radius 3 is 1.50 bits per heavy atom. The van der Waals surface area contributed by atoms with Crippen molar-refractivity contribution in [2.75, 3.05) is 0 Å². The summed E-state index contributed by atoms with van der Waals surface area (Å²) in [7, 11) is 0. The van der Waals surface area contributed by atoms with Crippen molar-refractivity contribution >= 4 is 39.3 Å². The van der Waals surface area contributed by atoms with Crippen molar-refractivity contribution in [1.29, 1.82) is 0 Å². The molecule has 0 radical (unpaired) electrons. The van der Waals surface area contributed by atoms with Gasteiger partial charge in [0.15, 0.2) is 0 Å². The molecule has 0 N–H and O–H groups in total. The molecule has 0 heterocycles. The summed E-state index contributed by atoms with van der Waals surface area (Å²) in [5, 5.41) is 0.776. The Bertz CT molecular complexity index is 1290. The van der Waals surface area contributed by atoms with Gasteiger partial charge in [-0.3, -0.25) is 0 Å². The van der Waals surface area contributed by atoms with E-state index in [2.05, 4.69) is 121 Å². The molecule has 5 rings (SSSR count). The van der Waals surface area contributed by atoms with Crippen molar-refractivity contribution in [3.63, 3.8) is 0 Å². The number of rotatable bonds is 5. The Morgan fingerprint density at radius 1 is 0.406 bits per heavy atom. The molecule has 0 nitrogen and oxygen atoms in total. The fourth-order valence-electron chi connectivity index (χ4n) is 3.98. The van der Waals surface area contributed by atoms with Gasteiger partial charge in [0.2, 0.25) is 0 Å². The van der Waals surface area contributed by atoms with Crippen LogP contribution in [-0.2, 0) is 0 Å². The second-order valence-electron chi connectivity index (χ2n) is 7.61. The third-order valence-electron chi connectivity index (χ3n) is 5.55. The summed E-state index contributed by atoms with van der Waals surface area (Å²) < 4.78 is 4.21. The van der Waals surface area contributed by atoms with E-state index in [1.165, 1.54) is 35.3 Å². The Kier molecular flexibility index (Phi) is 6.26. The van der Waals surface area contributed by atoms with Crippen molar-refractivity contribution in [3.05, 3.63) is 138 Å². The number of hydrogen-bond acceptors (Lipinski definition) is 0. The molecule has 5 aromatic rings. The average molecular weight is 493 g/mol. The fraction of sp³-hybridized carbons (Fsp3) is 0. The van der Waals surface area contributed by atoms with Gasteiger partial charge in [0, 0.05) is 0 Å². The van der Waals surface area contributed by atoms with E-state index in [1.54, 1.807) is 0 Å². The Morgan fingerprint density at radius 2 is 0.875 bits per heavy atom. The van der Waals surface area contributed by atoms with Crippen molar-refractivity contribution in [2.45, 2.75) is 0 Å². The van der Waals surface area contributed by atoms with Crippen molar-refractivity contribution in [3.8, 4) is 22.3 Å². The van der Waals surface area contributed by atoms with Crippen LogP contribution < -0.4 is 13.1 Å². The van der Waals surface area contributed by atoms with Gasteiger partial charge in [0.25, 0.3) is 0 Å². The Labute approximate surface area is 199 Å². The number of benzene rings is 5. The second kappa shape index (κ2) is 9.61. The van der Waals surface area contributed by atoms with Gasteiger partial charge < -0.3 is 0 Å². The van der Waals surface area contributed by atoms with Gasteiger partial charge >= 0.3 is 200 Å². The van der Waals surface area contributed by atoms with Crippen LogP contribution in [0.2, 0.25) is 5.02 Å². The molecule has 154 valence electrons. The Balaban J connectivity index is 1.64. The predicted molar refractivity (Wildman–Crippen MR) is 140 cm³/mol. The molecule has 0 aliphatic heterocycles. The average Bonchev–Trinajstić information content (AvgIpc) is 2.87. The van der Waals surface area contributed by atoms with Gasteiger partial charge in [-0.25, -0.2) is 0 Å². The SMILES string of the molecule is Clc1ccc([As](c2ccc(-c3ccccc3)cc2)c2ccccc2-c2ccccc2)cc1. The van der Waals surface area contributed by atoms with Crippen LogP contribution in [-0.4, -0.2) is 14.7 Å². The van der Waals surface area contributed by atoms with E-state index in [1.807, 2.05) is 12.1 Å². The van der Waals surface area contributed by atoms with Crippen molar-refractivity contribution in [1.82, 2.24) is 0 Å². The van der Waals surface area contributed by atoms with Crippen LogP contribution in [0.3, 0.4) is 0 Å². The molecule has 0 aliphatic carbocycles. The quantitative estimate of drug-likeness (QED) is 0.257. The van der Waals surface area contributed by atoms with E-state index in [-0.39, 0.29) is 0 Å². The molecule has 0 amide bonds. The molecule has 0 saturated heterocycles. The molecule has 0 spiro atoms. The normalized spacial score (nSPS) is 11.8. The summed E-state index contributed by atoms with van der Waals surface area (Å²) in [5.41, 5.74) is 5.07. The van der Waals surface area contributed by atoms with Gasteiger partial charge in [-0.15, -0.1) is 0 Å². The first-order chi connectivity index (χ1) is 15.8. The number of halogens is 1. The first-order valence-electron chi connectivity index (χ1n) is 10.7. The van der Waals surface area contributed by atoms with Crippen LogP contribution in [0, 0.1) is 0 Å². The van der Waals surface area contributed by atoms with E-state index in [9.17, 15) is 0 Å². The van der Waals surface area contributed by atoms with Crippen LogP contribution >= 0.6 is 11.6 Å². The summed E-state index contributed by atoms with van der Waals surface area (Å²) in [4.78, 5) is 0. The van der Waals surface area contributed by atoms with Crippen LogP contribution in [0.25, 0.3) is 22.3 Å². The predicted octanol–water partition coefficient (Wildman–Crippen LogP) is 6.19. The Hall–Kier alpha value is -3.05. The molecule has 5 aromatic carbocycles. The van der Waals surface area contributed by atoms with Gasteiger partial charge in [0.05, 0.1) is 0 Å². The molecule has 32 heavy (non-hydrogen) atoms. The van der Waals surface area contributed by atoms with Gasteiger partial charge in [-0.1, -0.05) is 0 Å². The zero-order valence-electron chi connectivity index (χ0n) is 17.5. The topological polar surface area (TPSA) is 0 Å². The minimum absolute atomic E-state index is 0.776. The molecular formula is C30H22AsCl. The van der Waals surface area contributed by atoms with Gasteiger partial charge in [-0.2, -0.15) is 0 Å². The van der Waals surface area contributed by atoms with Crippen LogP contribution in [0.5, 0.6) is 0 Å². The maximum absolute atomic E-state index is 6.24. The van der Waals surface area contributed by atoms with Crippen LogP contribution in [0.1, 0.15) is 0 Å². The fourth-order valence-corrected chi connectivity index (χ4v) is 9.20. The third kappa shape index (κ3) is 4.44. The van der Waals surface area contributed by atoms with Gasteiger partial charge in [-0.05, 0) is 0 Å². The molecule has 0 saturated carbocycles. The molecule has 1 atom stereocenters. The van der Waals surface area contributed by atoms with E-state index in [0.717, 1.165) is 5.02 Å². The maximum atomic E-state index is 6.24. The summed E-state index contributed by atoms with van der Waals surface area (Å²) in [6.45, 7) is 0. The third-order valence-corrected chi connectivity index (χ3v) is 11.0. The molecule has 0 aromatic heterocycles. The van der Waals surface area contributed by atoms with Crippen LogP contribution in [0.4, 0.5) is 0 Å². The minimum atomic E-state index is -1.80. The molecule has 2 heteroatoms. The second-order valence-corrected chi connectivity index (χ2v) is 12.6. The summed E-state index contributed by atoms with van der Waals surface area (Å²) in [5.74, 6) is 0. The van der Waals surface area contributed by atoms with Crippen molar-refractivity contribution in [2.24, 2.45) is 0 Å². The molecule has 1 unspecified atom stereocenters. The molecule has 0 fully saturated rings. The van der Waals surface area contributed by atoms with E-state index in [0.29, 0.717) is 0 Å². The summed E-state index contributed by atoms with van der Waals surface area (Å²) in [6, 6.07) is 47.7. The van der Waals surface area contributed by atoms with E-state index in [4.69, 9.17) is 11.6 Å². The summed E-state index contributed by atoms with van der Waals surface area (Å²) >= 11 is 4.44. The zero-order valence-corrected chi connectivity index (χ0v) is 20.2. The van der Waals surface area contributed by atoms with E-state index >= 15 is 0 Å². The first-order valence-corrected chi connectivity index (χ1v) is 13.8. The monoisotopic (exact) mass is 492 g/mol. The first kappa shape index (κ1) is 20.8. The van der Waals surface area contributed by atoms with E-state index < -0.39 is 14.7 Å². The van der Waals surface area contributed by atoms with Crippen molar-refractivity contribution < 1.29 is 0 Å². The van der Waals surface area contributed by atoms with Crippen LogP contribution in [0.15, 0.2) is 133 Å². The summed E-state index contributed by atoms with van der Waals surface area (Å²) in [6.07, 6.45) is 0. The molecular weight excluding hydrogens is 471 g/mol. The zero-order chi connectivity index (χ0) is 21.8. The number of hydrogen-bond donors (Lipinski definition) is 0. The standard InChI is InChI=1S/C30H22AsCl/c32-28-21-19-27(20-22-28)31(26-17-15-24(16-18-26)23-9-3-1-4-10-23)30-14-8-7-13-29(30)25-11-5-2-6-12-25/h1-22H.